The maximum absolute atomic E-state index is 6.46. The van der Waals surface area contributed by atoms with Crippen LogP contribution in [0, 0.1) is 6.92 Å². The van der Waals surface area contributed by atoms with E-state index in [-0.39, 0.29) is 0 Å². The lowest BCUT2D eigenvalue weighted by molar-refractivity contribution is 0.284. The van der Waals surface area contributed by atoms with E-state index in [1.165, 1.54) is 5.56 Å². The molecule has 1 aromatic heterocycles. The SMILES string of the molecule is COc1cc(CNCc2cccnc2)cc(Cl)c1OCc1ccc(C)cc1. The fourth-order valence-electron chi connectivity index (χ4n) is 2.71. The van der Waals surface area contributed by atoms with Crippen molar-refractivity contribution in [1.29, 1.82) is 0 Å². The van der Waals surface area contributed by atoms with Crippen LogP contribution in [0.25, 0.3) is 0 Å². The Morgan fingerprint density at radius 3 is 2.48 bits per heavy atom. The van der Waals surface area contributed by atoms with Crippen LogP contribution < -0.4 is 14.8 Å². The zero-order chi connectivity index (χ0) is 19.1. The molecule has 0 aliphatic rings. The van der Waals surface area contributed by atoms with Gasteiger partial charge in [-0.1, -0.05) is 47.5 Å². The van der Waals surface area contributed by atoms with Crippen LogP contribution >= 0.6 is 11.6 Å². The number of hydrogen-bond acceptors (Lipinski definition) is 4. The van der Waals surface area contributed by atoms with E-state index in [0.717, 1.165) is 23.2 Å². The number of hydrogen-bond donors (Lipinski definition) is 1. The normalized spacial score (nSPS) is 10.6. The molecule has 0 aliphatic heterocycles. The summed E-state index contributed by atoms with van der Waals surface area (Å²) < 4.78 is 11.4. The van der Waals surface area contributed by atoms with E-state index in [1.54, 1.807) is 13.3 Å². The second-order valence-corrected chi connectivity index (χ2v) is 6.76. The molecule has 27 heavy (non-hydrogen) atoms. The molecule has 0 atom stereocenters. The molecular weight excluding hydrogens is 360 g/mol. The van der Waals surface area contributed by atoms with Crippen LogP contribution in [-0.2, 0) is 19.7 Å². The molecule has 1 N–H and O–H groups in total. The zero-order valence-electron chi connectivity index (χ0n) is 15.5. The number of pyridine rings is 1. The number of aryl methyl sites for hydroxylation is 1. The van der Waals surface area contributed by atoms with Crippen molar-refractivity contribution in [2.45, 2.75) is 26.6 Å². The summed E-state index contributed by atoms with van der Waals surface area (Å²) >= 11 is 6.46. The molecule has 0 fully saturated rings. The summed E-state index contributed by atoms with van der Waals surface area (Å²) in [6, 6.07) is 16.0. The molecule has 5 heteroatoms. The van der Waals surface area contributed by atoms with Crippen LogP contribution in [0.5, 0.6) is 11.5 Å². The van der Waals surface area contributed by atoms with Crippen molar-refractivity contribution in [1.82, 2.24) is 10.3 Å². The first-order valence-electron chi connectivity index (χ1n) is 8.80. The molecule has 2 aromatic carbocycles. The predicted molar refractivity (Wildman–Crippen MR) is 108 cm³/mol. The highest BCUT2D eigenvalue weighted by atomic mass is 35.5. The standard InChI is InChI=1S/C22H23ClN2O2/c1-16-5-7-17(8-6-16)15-27-22-20(23)10-19(11-21(22)26-2)14-25-13-18-4-3-9-24-12-18/h3-12,25H,13-15H2,1-2H3. The Kier molecular flexibility index (Phi) is 6.69. The number of methoxy groups -OCH3 is 1. The Balaban J connectivity index is 1.64. The first-order valence-corrected chi connectivity index (χ1v) is 9.18. The molecule has 0 radical (unpaired) electrons. The van der Waals surface area contributed by atoms with Crippen molar-refractivity contribution in [3.8, 4) is 11.5 Å². The number of ether oxygens (including phenoxy) is 2. The Hall–Kier alpha value is -2.56. The number of halogens is 1. The third-order valence-corrected chi connectivity index (χ3v) is 4.45. The lowest BCUT2D eigenvalue weighted by Gasteiger charge is -2.15. The number of nitrogens with one attached hydrogen (secondary N) is 1. The van der Waals surface area contributed by atoms with Crippen molar-refractivity contribution in [3.63, 3.8) is 0 Å². The number of nitrogens with zero attached hydrogens (tertiary/aromatic N) is 1. The van der Waals surface area contributed by atoms with Crippen LogP contribution in [0.2, 0.25) is 5.02 Å². The zero-order valence-corrected chi connectivity index (χ0v) is 16.3. The van der Waals surface area contributed by atoms with Gasteiger partial charge < -0.3 is 14.8 Å². The van der Waals surface area contributed by atoms with Gasteiger partial charge in [0.2, 0.25) is 0 Å². The molecule has 1 heterocycles. The summed E-state index contributed by atoms with van der Waals surface area (Å²) in [6.45, 7) is 3.91. The smallest absolute Gasteiger partial charge is 0.180 e. The number of aromatic nitrogens is 1. The molecule has 0 aliphatic carbocycles. The lowest BCUT2D eigenvalue weighted by Crippen LogP contribution is -2.13. The van der Waals surface area contributed by atoms with Crippen molar-refractivity contribution in [2.24, 2.45) is 0 Å². The monoisotopic (exact) mass is 382 g/mol. The summed E-state index contributed by atoms with van der Waals surface area (Å²) in [6.07, 6.45) is 3.62. The van der Waals surface area contributed by atoms with Gasteiger partial charge in [0, 0.05) is 25.5 Å². The molecule has 140 valence electrons. The average Bonchev–Trinajstić information content (AvgIpc) is 2.69. The maximum Gasteiger partial charge on any atom is 0.180 e. The minimum Gasteiger partial charge on any atom is -0.493 e. The van der Waals surface area contributed by atoms with Crippen LogP contribution in [0.15, 0.2) is 60.9 Å². The van der Waals surface area contributed by atoms with Gasteiger partial charge in [-0.2, -0.15) is 0 Å². The van der Waals surface area contributed by atoms with Gasteiger partial charge in [-0.05, 0) is 41.8 Å². The largest absolute Gasteiger partial charge is 0.493 e. The third-order valence-electron chi connectivity index (χ3n) is 4.17. The van der Waals surface area contributed by atoms with E-state index < -0.39 is 0 Å². The summed E-state index contributed by atoms with van der Waals surface area (Å²) in [5.74, 6) is 1.20. The van der Waals surface area contributed by atoms with Crippen LogP contribution in [-0.4, -0.2) is 12.1 Å². The van der Waals surface area contributed by atoms with Crippen LogP contribution in [0.1, 0.15) is 22.3 Å². The predicted octanol–water partition coefficient (Wildman–Crippen LogP) is 4.92. The molecular formula is C22H23ClN2O2. The first-order chi connectivity index (χ1) is 13.2. The fraction of sp³-hybridized carbons (Fsp3) is 0.227. The van der Waals surface area contributed by atoms with Gasteiger partial charge in [0.05, 0.1) is 12.1 Å². The van der Waals surface area contributed by atoms with E-state index in [4.69, 9.17) is 21.1 Å². The van der Waals surface area contributed by atoms with Crippen LogP contribution in [0.4, 0.5) is 0 Å². The molecule has 3 aromatic rings. The third kappa shape index (κ3) is 5.46. The van der Waals surface area contributed by atoms with E-state index in [1.807, 2.05) is 42.6 Å². The van der Waals surface area contributed by atoms with Gasteiger partial charge in [0.15, 0.2) is 11.5 Å². The molecule has 0 bridgehead atoms. The first kappa shape index (κ1) is 19.2. The summed E-state index contributed by atoms with van der Waals surface area (Å²) in [4.78, 5) is 4.12. The molecule has 0 amide bonds. The highest BCUT2D eigenvalue weighted by Gasteiger charge is 2.12. The van der Waals surface area contributed by atoms with Crippen molar-refractivity contribution < 1.29 is 9.47 Å². The minimum atomic E-state index is 0.439. The quantitative estimate of drug-likeness (QED) is 0.600. The van der Waals surface area contributed by atoms with E-state index in [9.17, 15) is 0 Å². The Morgan fingerprint density at radius 2 is 1.78 bits per heavy atom. The summed E-state index contributed by atoms with van der Waals surface area (Å²) in [5, 5.41) is 3.93. The van der Waals surface area contributed by atoms with Crippen molar-refractivity contribution >= 4 is 11.6 Å². The van der Waals surface area contributed by atoms with E-state index >= 15 is 0 Å². The summed E-state index contributed by atoms with van der Waals surface area (Å²) in [5.41, 5.74) is 4.47. The molecule has 0 saturated carbocycles. The van der Waals surface area contributed by atoms with E-state index in [0.29, 0.717) is 29.7 Å². The second-order valence-electron chi connectivity index (χ2n) is 6.35. The minimum absolute atomic E-state index is 0.439. The second kappa shape index (κ2) is 9.40. The molecule has 3 rings (SSSR count). The Bertz CT molecular complexity index is 867. The molecule has 0 saturated heterocycles. The summed E-state index contributed by atoms with van der Waals surface area (Å²) in [7, 11) is 1.62. The highest BCUT2D eigenvalue weighted by molar-refractivity contribution is 6.32. The Labute approximate surface area is 165 Å². The van der Waals surface area contributed by atoms with Gasteiger partial charge >= 0.3 is 0 Å². The number of benzene rings is 2. The topological polar surface area (TPSA) is 43.4 Å². The maximum atomic E-state index is 6.46. The molecule has 4 nitrogen and oxygen atoms in total. The van der Waals surface area contributed by atoms with Crippen LogP contribution in [0.3, 0.4) is 0 Å². The molecule has 0 spiro atoms. The van der Waals surface area contributed by atoms with Gasteiger partial charge in [0.25, 0.3) is 0 Å². The highest BCUT2D eigenvalue weighted by Crippen LogP contribution is 2.37. The van der Waals surface area contributed by atoms with Gasteiger partial charge in [-0.3, -0.25) is 4.98 Å². The lowest BCUT2D eigenvalue weighted by atomic mass is 10.1. The van der Waals surface area contributed by atoms with E-state index in [2.05, 4.69) is 29.4 Å². The van der Waals surface area contributed by atoms with Crippen molar-refractivity contribution in [2.75, 3.05) is 7.11 Å². The van der Waals surface area contributed by atoms with Crippen molar-refractivity contribution in [3.05, 3.63) is 88.2 Å². The molecule has 0 unspecified atom stereocenters. The van der Waals surface area contributed by atoms with Gasteiger partial charge in [-0.25, -0.2) is 0 Å². The van der Waals surface area contributed by atoms with Gasteiger partial charge in [-0.15, -0.1) is 0 Å². The Morgan fingerprint density at radius 1 is 1.00 bits per heavy atom. The average molecular weight is 383 g/mol. The fourth-order valence-corrected chi connectivity index (χ4v) is 3.00. The van der Waals surface area contributed by atoms with Gasteiger partial charge in [0.1, 0.15) is 6.61 Å². The number of rotatable bonds is 8.